The third kappa shape index (κ3) is 14.2. The van der Waals surface area contributed by atoms with Gasteiger partial charge in [-0.1, -0.05) is 120 Å². The second-order valence-electron chi connectivity index (χ2n) is 17.9. The molecule has 2 atom stereocenters. The van der Waals surface area contributed by atoms with Crippen molar-refractivity contribution in [3.63, 3.8) is 0 Å². The minimum absolute atomic E-state index is 0. The average Bonchev–Trinajstić information content (AvgIpc) is 3.08. The van der Waals surface area contributed by atoms with Gasteiger partial charge in [-0.2, -0.15) is 0 Å². The number of pyridine rings is 2. The van der Waals surface area contributed by atoms with Gasteiger partial charge in [0.1, 0.15) is 11.5 Å². The van der Waals surface area contributed by atoms with Gasteiger partial charge in [0.25, 0.3) is 0 Å². The van der Waals surface area contributed by atoms with Gasteiger partial charge in [-0.3, -0.25) is 20.0 Å². The van der Waals surface area contributed by atoms with Crippen LogP contribution in [0.1, 0.15) is 142 Å². The van der Waals surface area contributed by atoms with E-state index < -0.39 is 0 Å². The summed E-state index contributed by atoms with van der Waals surface area (Å²) >= 11 is 0. The van der Waals surface area contributed by atoms with Crippen molar-refractivity contribution >= 4 is 12.4 Å². The molecule has 0 unspecified atom stereocenters. The second-order valence-corrected chi connectivity index (χ2v) is 17.9. The first-order valence-corrected chi connectivity index (χ1v) is 18.7. The van der Waals surface area contributed by atoms with Crippen molar-refractivity contribution in [2.24, 2.45) is 9.98 Å². The monoisotopic (exact) mass is 806 g/mol. The van der Waals surface area contributed by atoms with E-state index in [9.17, 15) is 10.2 Å². The normalized spacial score (nSPS) is 16.6. The summed E-state index contributed by atoms with van der Waals surface area (Å²) < 4.78 is 0. The van der Waals surface area contributed by atoms with Crippen LogP contribution in [0, 0.1) is 0 Å². The van der Waals surface area contributed by atoms with E-state index in [-0.39, 0.29) is 53.2 Å². The Morgan fingerprint density at radius 2 is 0.830 bits per heavy atom. The minimum Gasteiger partial charge on any atom is -0.507 e. The fourth-order valence-electron chi connectivity index (χ4n) is 5.94. The molecule has 0 amide bonds. The van der Waals surface area contributed by atoms with Crippen LogP contribution in [0.2, 0.25) is 0 Å². The largest absolute Gasteiger partial charge is 0.507 e. The zero-order valence-corrected chi connectivity index (χ0v) is 36.0. The summed E-state index contributed by atoms with van der Waals surface area (Å²) in [5.41, 5.74) is 5.39. The van der Waals surface area contributed by atoms with E-state index in [0.29, 0.717) is 11.5 Å². The minimum atomic E-state index is -0.179. The van der Waals surface area contributed by atoms with E-state index in [2.05, 4.69) is 117 Å². The van der Waals surface area contributed by atoms with Gasteiger partial charge in [0.15, 0.2) is 0 Å². The maximum atomic E-state index is 11.2. The number of aliphatic imine (C=N–C) groups is 2. The standard InChI is InChI=1S/C36H54N2O2.2C5H5N.Ru/c1-33(2,3)25-17-23(31(39)27(19-25)35(7,8)9)21-37-29-15-13-14-16-30(29)38-22-24-18-26(34(4,5)6)20-28(32(24)40)36(10,11)12;2*1-2-4-6-5-3-1;/h17-22,29-30,39-40H,13-16H2,1-12H3;2*1-5H;/t29-,30-;;;/m1.../s1. The molecule has 1 aliphatic rings. The molecule has 0 saturated heterocycles. The third-order valence-corrected chi connectivity index (χ3v) is 9.26. The van der Waals surface area contributed by atoms with Crippen LogP contribution < -0.4 is 0 Å². The number of aromatic nitrogens is 2. The first-order valence-electron chi connectivity index (χ1n) is 18.7. The summed E-state index contributed by atoms with van der Waals surface area (Å²) in [6.45, 7) is 26.0. The van der Waals surface area contributed by atoms with E-state index in [1.54, 1.807) is 24.8 Å². The molecule has 1 saturated carbocycles. The van der Waals surface area contributed by atoms with Gasteiger partial charge < -0.3 is 10.2 Å². The molecule has 2 aromatic heterocycles. The second kappa shape index (κ2) is 19.6. The Morgan fingerprint density at radius 1 is 0.509 bits per heavy atom. The summed E-state index contributed by atoms with van der Waals surface area (Å²) in [6.07, 6.45) is 14.9. The van der Waals surface area contributed by atoms with Crippen LogP contribution in [0.5, 0.6) is 11.5 Å². The van der Waals surface area contributed by atoms with Crippen LogP contribution in [-0.4, -0.2) is 44.7 Å². The fourth-order valence-corrected chi connectivity index (χ4v) is 5.94. The Balaban J connectivity index is 0.000000627. The molecule has 7 heteroatoms. The molecular formula is C46H64N4O2Ru. The van der Waals surface area contributed by atoms with Gasteiger partial charge in [0.05, 0.1) is 12.1 Å². The Morgan fingerprint density at radius 3 is 1.06 bits per heavy atom. The Kier molecular flexibility index (Phi) is 16.8. The average molecular weight is 806 g/mol. The molecule has 4 aromatic rings. The summed E-state index contributed by atoms with van der Waals surface area (Å²) in [5, 5.41) is 22.5. The van der Waals surface area contributed by atoms with Crippen molar-refractivity contribution in [2.75, 3.05) is 0 Å². The molecule has 0 aliphatic heterocycles. The first-order chi connectivity index (χ1) is 24.2. The van der Waals surface area contributed by atoms with Crippen molar-refractivity contribution in [3.8, 4) is 11.5 Å². The van der Waals surface area contributed by atoms with Crippen LogP contribution >= 0.6 is 0 Å². The number of rotatable bonds is 4. The topological polar surface area (TPSA) is 91.0 Å². The van der Waals surface area contributed by atoms with Crippen LogP contribution in [-0.2, 0) is 41.1 Å². The molecule has 6 nitrogen and oxygen atoms in total. The number of hydrogen-bond acceptors (Lipinski definition) is 6. The van der Waals surface area contributed by atoms with Gasteiger partial charge in [0, 0.05) is 78.9 Å². The number of nitrogens with zero attached hydrogens (tertiary/aromatic N) is 4. The Hall–Kier alpha value is -3.70. The van der Waals surface area contributed by atoms with Gasteiger partial charge >= 0.3 is 0 Å². The number of phenols is 2. The summed E-state index contributed by atoms with van der Waals surface area (Å²) in [6, 6.07) is 20.0. The van der Waals surface area contributed by atoms with Gasteiger partial charge in [-0.15, -0.1) is 0 Å². The summed E-state index contributed by atoms with van der Waals surface area (Å²) in [4.78, 5) is 17.6. The first kappa shape index (κ1) is 45.5. The molecule has 0 spiro atoms. The van der Waals surface area contributed by atoms with Gasteiger partial charge in [-0.25, -0.2) is 0 Å². The quantitative estimate of drug-likeness (QED) is 0.159. The number of hydrogen-bond donors (Lipinski definition) is 2. The predicted octanol–water partition coefficient (Wildman–Crippen LogP) is 11.3. The van der Waals surface area contributed by atoms with Crippen molar-refractivity contribution < 1.29 is 29.7 Å². The summed E-state index contributed by atoms with van der Waals surface area (Å²) in [5.74, 6) is 0.637. The van der Waals surface area contributed by atoms with E-state index in [0.717, 1.165) is 47.9 Å². The van der Waals surface area contributed by atoms with Crippen LogP contribution in [0.25, 0.3) is 0 Å². The number of benzene rings is 2. The number of aromatic hydroxyl groups is 2. The van der Waals surface area contributed by atoms with Crippen molar-refractivity contribution in [1.29, 1.82) is 0 Å². The molecule has 5 rings (SSSR count). The van der Waals surface area contributed by atoms with Crippen molar-refractivity contribution in [3.05, 3.63) is 119 Å². The van der Waals surface area contributed by atoms with Crippen LogP contribution in [0.15, 0.2) is 95.4 Å². The molecule has 1 fully saturated rings. The molecule has 0 radical (unpaired) electrons. The fraction of sp³-hybridized carbons (Fsp3) is 0.478. The maximum Gasteiger partial charge on any atom is 0.128 e. The van der Waals surface area contributed by atoms with Gasteiger partial charge in [0.2, 0.25) is 0 Å². The smallest absolute Gasteiger partial charge is 0.128 e. The maximum absolute atomic E-state index is 11.2. The van der Waals surface area contributed by atoms with E-state index in [1.165, 1.54) is 11.1 Å². The molecule has 2 N–H and O–H groups in total. The van der Waals surface area contributed by atoms with E-state index in [4.69, 9.17) is 9.98 Å². The summed E-state index contributed by atoms with van der Waals surface area (Å²) in [7, 11) is 0. The zero-order valence-electron chi connectivity index (χ0n) is 34.3. The molecule has 0 bridgehead atoms. The molecule has 288 valence electrons. The van der Waals surface area contributed by atoms with E-state index in [1.807, 2.05) is 48.8 Å². The zero-order chi connectivity index (χ0) is 38.7. The molecule has 1 aliphatic carbocycles. The SMILES string of the molecule is CC(C)(C)c1cc(C=N[C@@H]2CCCC[C@H]2N=Cc2cc(C(C)(C)C)cc(C(C)(C)C)c2O)c(O)c(C(C)(C)C)c1.[Ru].c1ccncc1.c1ccncc1. The molecule has 2 aromatic carbocycles. The predicted molar refractivity (Wildman–Crippen MR) is 221 cm³/mol. The molecule has 2 heterocycles. The van der Waals surface area contributed by atoms with E-state index >= 15 is 0 Å². The van der Waals surface area contributed by atoms with Gasteiger partial charge in [-0.05, 0) is 82.0 Å². The Bertz CT molecular complexity index is 1560. The van der Waals surface area contributed by atoms with Crippen molar-refractivity contribution in [2.45, 2.75) is 143 Å². The Labute approximate surface area is 333 Å². The van der Waals surface area contributed by atoms with Crippen LogP contribution in [0.3, 0.4) is 0 Å². The molecule has 53 heavy (non-hydrogen) atoms. The van der Waals surface area contributed by atoms with Crippen LogP contribution in [0.4, 0.5) is 0 Å². The molecular weight excluding hydrogens is 742 g/mol. The number of phenolic OH excluding ortho intramolecular Hbond substituents is 2. The third-order valence-electron chi connectivity index (χ3n) is 9.26. The van der Waals surface area contributed by atoms with Crippen molar-refractivity contribution in [1.82, 2.24) is 9.97 Å².